The number of hydrogen-bond donors (Lipinski definition) is 0. The predicted octanol–water partition coefficient (Wildman–Crippen LogP) is 13.8. The van der Waals surface area contributed by atoms with Crippen LogP contribution in [0, 0.1) is 0 Å². The first-order valence-corrected chi connectivity index (χ1v) is 18.6. The molecule has 52 heavy (non-hydrogen) atoms. The number of fused-ring (bicyclic) bond motifs is 9. The molecule has 1 aliphatic rings. The normalized spacial score (nSPS) is 13.2. The average molecular weight is 682 g/mol. The third-order valence-electron chi connectivity index (χ3n) is 10.9. The fourth-order valence-electron chi connectivity index (χ4n) is 8.73. The summed E-state index contributed by atoms with van der Waals surface area (Å²) in [5, 5.41) is 4.80. The van der Waals surface area contributed by atoms with Crippen LogP contribution in [-0.4, -0.2) is 0 Å². The average Bonchev–Trinajstić information content (AvgIpc) is 3.87. The number of anilines is 3. The highest BCUT2D eigenvalue weighted by Gasteiger charge is 2.46. The number of benzene rings is 8. The minimum atomic E-state index is -0.444. The molecule has 0 saturated carbocycles. The van der Waals surface area contributed by atoms with E-state index in [1.54, 1.807) is 0 Å². The topological polar surface area (TPSA) is 16.4 Å². The second-order valence-corrected chi connectivity index (χ2v) is 14.7. The Balaban J connectivity index is 1.18. The summed E-state index contributed by atoms with van der Waals surface area (Å²) in [7, 11) is 0. The van der Waals surface area contributed by atoms with Crippen LogP contribution in [0.15, 0.2) is 192 Å². The molecule has 8 aromatic carbocycles. The second kappa shape index (κ2) is 11.3. The Morgan fingerprint density at radius 3 is 1.75 bits per heavy atom. The largest absolute Gasteiger partial charge is 0.456 e. The van der Waals surface area contributed by atoms with Gasteiger partial charge in [-0.3, -0.25) is 0 Å². The van der Waals surface area contributed by atoms with Crippen LogP contribution in [0.4, 0.5) is 17.1 Å². The third kappa shape index (κ3) is 4.17. The van der Waals surface area contributed by atoms with E-state index in [0.29, 0.717) is 0 Å². The molecule has 244 valence electrons. The second-order valence-electron chi connectivity index (χ2n) is 13.7. The van der Waals surface area contributed by atoms with Crippen molar-refractivity contribution in [3.63, 3.8) is 0 Å². The van der Waals surface area contributed by atoms with E-state index < -0.39 is 5.41 Å². The molecule has 11 rings (SSSR count). The van der Waals surface area contributed by atoms with Crippen molar-refractivity contribution in [1.29, 1.82) is 0 Å². The molecule has 1 aliphatic carbocycles. The number of furan rings is 1. The molecule has 2 nitrogen and oxygen atoms in total. The van der Waals surface area contributed by atoms with E-state index in [1.807, 2.05) is 23.5 Å². The molecule has 0 N–H and O–H groups in total. The molecule has 0 fully saturated rings. The molecule has 0 unspecified atom stereocenters. The van der Waals surface area contributed by atoms with Crippen molar-refractivity contribution in [2.45, 2.75) is 5.41 Å². The standard InChI is InChI=1S/C49H31NOS/c1-3-13-32(14-4-1)49(33-15-5-2-6-16-33)43-20-10-7-17-37(43)40-29-34(23-26-44(40)49)50(35-24-27-46-41(30-35)38-18-8-11-21-45(38)51-46)36-25-28-48-42(31-36)39-19-9-12-22-47(39)52-48/h1-31H. The third-order valence-corrected chi connectivity index (χ3v) is 12.1. The zero-order chi connectivity index (χ0) is 34.2. The lowest BCUT2D eigenvalue weighted by molar-refractivity contribution is 0.669. The zero-order valence-electron chi connectivity index (χ0n) is 28.2. The van der Waals surface area contributed by atoms with Crippen molar-refractivity contribution in [2.24, 2.45) is 0 Å². The molecule has 0 atom stereocenters. The van der Waals surface area contributed by atoms with Crippen LogP contribution in [0.1, 0.15) is 22.3 Å². The summed E-state index contributed by atoms with van der Waals surface area (Å²) in [5.41, 5.74) is 12.3. The van der Waals surface area contributed by atoms with E-state index in [2.05, 4.69) is 181 Å². The van der Waals surface area contributed by atoms with Gasteiger partial charge in [0.05, 0.1) is 5.41 Å². The van der Waals surface area contributed by atoms with Crippen LogP contribution in [0.25, 0.3) is 53.2 Å². The number of thiophene rings is 1. The van der Waals surface area contributed by atoms with Crippen molar-refractivity contribution >= 4 is 70.5 Å². The molecular weight excluding hydrogens is 651 g/mol. The number of hydrogen-bond acceptors (Lipinski definition) is 3. The van der Waals surface area contributed by atoms with Gasteiger partial charge in [-0.05, 0) is 94.0 Å². The molecule has 2 heterocycles. The molecule has 0 saturated heterocycles. The minimum Gasteiger partial charge on any atom is -0.456 e. The minimum absolute atomic E-state index is 0.444. The van der Waals surface area contributed by atoms with Crippen LogP contribution in [-0.2, 0) is 5.41 Å². The smallest absolute Gasteiger partial charge is 0.135 e. The van der Waals surface area contributed by atoms with Crippen LogP contribution >= 0.6 is 11.3 Å². The summed E-state index contributed by atoms with van der Waals surface area (Å²) in [6.07, 6.45) is 0. The quantitative estimate of drug-likeness (QED) is 0.180. The summed E-state index contributed by atoms with van der Waals surface area (Å²) in [6, 6.07) is 68.7. The van der Waals surface area contributed by atoms with Gasteiger partial charge in [-0.1, -0.05) is 127 Å². The highest BCUT2D eigenvalue weighted by Crippen LogP contribution is 2.57. The molecule has 2 aromatic heterocycles. The fourth-order valence-corrected chi connectivity index (χ4v) is 9.82. The van der Waals surface area contributed by atoms with Crippen molar-refractivity contribution < 1.29 is 4.42 Å². The van der Waals surface area contributed by atoms with Gasteiger partial charge in [-0.2, -0.15) is 0 Å². The van der Waals surface area contributed by atoms with Gasteiger partial charge in [0.15, 0.2) is 0 Å². The number of rotatable bonds is 5. The lowest BCUT2D eigenvalue weighted by Crippen LogP contribution is -2.28. The Morgan fingerprint density at radius 1 is 0.385 bits per heavy atom. The first-order valence-electron chi connectivity index (χ1n) is 17.8. The molecular formula is C49H31NOS. The fraction of sp³-hybridized carbons (Fsp3) is 0.0204. The van der Waals surface area contributed by atoms with Crippen LogP contribution in [0.3, 0.4) is 0 Å². The van der Waals surface area contributed by atoms with Crippen molar-refractivity contribution in [2.75, 3.05) is 4.90 Å². The predicted molar refractivity (Wildman–Crippen MR) is 219 cm³/mol. The number of nitrogens with zero attached hydrogens (tertiary/aromatic N) is 1. The van der Waals surface area contributed by atoms with E-state index in [9.17, 15) is 0 Å². The van der Waals surface area contributed by atoms with Crippen molar-refractivity contribution in [1.82, 2.24) is 0 Å². The monoisotopic (exact) mass is 681 g/mol. The number of para-hydroxylation sites is 1. The SMILES string of the molecule is c1ccc(C2(c3ccccc3)c3ccccc3-c3cc(N(c4ccc5oc6ccccc6c5c4)c4ccc5sc6ccccc6c5c4)ccc32)cc1. The van der Waals surface area contributed by atoms with Gasteiger partial charge in [-0.25, -0.2) is 0 Å². The summed E-state index contributed by atoms with van der Waals surface area (Å²) < 4.78 is 8.88. The zero-order valence-corrected chi connectivity index (χ0v) is 29.0. The van der Waals surface area contributed by atoms with E-state index in [0.717, 1.165) is 39.0 Å². The van der Waals surface area contributed by atoms with Crippen LogP contribution in [0.5, 0.6) is 0 Å². The van der Waals surface area contributed by atoms with Crippen LogP contribution in [0.2, 0.25) is 0 Å². The van der Waals surface area contributed by atoms with Gasteiger partial charge in [0, 0.05) is 48.0 Å². The maximum Gasteiger partial charge on any atom is 0.135 e. The Hall–Kier alpha value is -6.42. The molecule has 0 amide bonds. The molecule has 0 radical (unpaired) electrons. The maximum atomic E-state index is 6.28. The molecule has 0 bridgehead atoms. The van der Waals surface area contributed by atoms with Gasteiger partial charge in [-0.15, -0.1) is 11.3 Å². The molecule has 0 aliphatic heterocycles. The maximum absolute atomic E-state index is 6.28. The Bertz CT molecular complexity index is 2820. The Kier molecular flexibility index (Phi) is 6.37. The highest BCUT2D eigenvalue weighted by molar-refractivity contribution is 7.25. The van der Waals surface area contributed by atoms with Crippen LogP contribution < -0.4 is 4.90 Å². The van der Waals surface area contributed by atoms with E-state index in [4.69, 9.17) is 4.42 Å². The van der Waals surface area contributed by atoms with Gasteiger partial charge in [0.25, 0.3) is 0 Å². The summed E-state index contributed by atoms with van der Waals surface area (Å²) in [5.74, 6) is 0. The van der Waals surface area contributed by atoms with Gasteiger partial charge < -0.3 is 9.32 Å². The summed E-state index contributed by atoms with van der Waals surface area (Å²) >= 11 is 1.85. The molecule has 0 spiro atoms. The van der Waals surface area contributed by atoms with E-state index in [-0.39, 0.29) is 0 Å². The van der Waals surface area contributed by atoms with E-state index in [1.165, 1.54) is 53.6 Å². The summed E-state index contributed by atoms with van der Waals surface area (Å²) in [4.78, 5) is 2.42. The lowest BCUT2D eigenvalue weighted by Gasteiger charge is -2.34. The first kappa shape index (κ1) is 29.3. The summed E-state index contributed by atoms with van der Waals surface area (Å²) in [6.45, 7) is 0. The Morgan fingerprint density at radius 2 is 0.942 bits per heavy atom. The van der Waals surface area contributed by atoms with E-state index >= 15 is 0 Å². The van der Waals surface area contributed by atoms with Gasteiger partial charge in [0.2, 0.25) is 0 Å². The lowest BCUT2D eigenvalue weighted by atomic mass is 9.68. The van der Waals surface area contributed by atoms with Gasteiger partial charge in [0.1, 0.15) is 11.2 Å². The molecule has 3 heteroatoms. The van der Waals surface area contributed by atoms with Gasteiger partial charge >= 0.3 is 0 Å². The Labute approximate surface area is 305 Å². The molecule has 10 aromatic rings. The van der Waals surface area contributed by atoms with Crippen molar-refractivity contribution in [3.8, 4) is 11.1 Å². The highest BCUT2D eigenvalue weighted by atomic mass is 32.1. The van der Waals surface area contributed by atoms with Crippen molar-refractivity contribution in [3.05, 3.63) is 210 Å². The first-order chi connectivity index (χ1) is 25.8.